The fourth-order valence-corrected chi connectivity index (χ4v) is 2.56. The first-order chi connectivity index (χ1) is 10.8. The van der Waals surface area contributed by atoms with Crippen LogP contribution < -0.4 is 5.32 Å². The van der Waals surface area contributed by atoms with Gasteiger partial charge in [-0.25, -0.2) is 4.98 Å². The molecule has 106 valence electrons. The average molecular weight is 288 g/mol. The van der Waals surface area contributed by atoms with E-state index in [-0.39, 0.29) is 11.7 Å². The second-order valence-corrected chi connectivity index (χ2v) is 4.95. The summed E-state index contributed by atoms with van der Waals surface area (Å²) >= 11 is 0. The first-order valence-corrected chi connectivity index (χ1v) is 6.95. The molecule has 2 aromatic carbocycles. The largest absolute Gasteiger partial charge is 0.459 e. The van der Waals surface area contributed by atoms with Crippen molar-refractivity contribution < 1.29 is 9.21 Å². The van der Waals surface area contributed by atoms with E-state index in [1.54, 1.807) is 12.1 Å². The number of nitrogens with one attached hydrogen (secondary N) is 1. The van der Waals surface area contributed by atoms with Gasteiger partial charge in [-0.2, -0.15) is 0 Å². The third kappa shape index (κ3) is 2.02. The zero-order valence-electron chi connectivity index (χ0n) is 11.6. The summed E-state index contributed by atoms with van der Waals surface area (Å²) in [4.78, 5) is 17.0. The van der Waals surface area contributed by atoms with E-state index < -0.39 is 0 Å². The Labute approximate surface area is 126 Å². The standard InChI is InChI=1S/C18H12N2O2/c21-18(16-10-5-11-22-16)20-17-12-6-1-3-8-14(12)19-15-9-4-2-7-13(15)17/h1-11H,(H,19,20,21). The van der Waals surface area contributed by atoms with E-state index in [2.05, 4.69) is 10.3 Å². The number of benzene rings is 2. The predicted molar refractivity (Wildman–Crippen MR) is 85.9 cm³/mol. The number of pyridine rings is 1. The molecule has 0 spiro atoms. The summed E-state index contributed by atoms with van der Waals surface area (Å²) in [6.07, 6.45) is 1.48. The number of nitrogens with zero attached hydrogens (tertiary/aromatic N) is 1. The van der Waals surface area contributed by atoms with E-state index in [9.17, 15) is 4.79 Å². The van der Waals surface area contributed by atoms with Gasteiger partial charge in [0.15, 0.2) is 5.76 Å². The molecule has 0 fully saturated rings. The lowest BCUT2D eigenvalue weighted by molar-refractivity contribution is 0.0997. The molecule has 4 rings (SSSR count). The minimum Gasteiger partial charge on any atom is -0.459 e. The number of hydrogen-bond donors (Lipinski definition) is 1. The van der Waals surface area contributed by atoms with Crippen LogP contribution >= 0.6 is 0 Å². The van der Waals surface area contributed by atoms with E-state index in [1.165, 1.54) is 6.26 Å². The summed E-state index contributed by atoms with van der Waals surface area (Å²) < 4.78 is 5.16. The Morgan fingerprint density at radius 3 is 2.09 bits per heavy atom. The number of carbonyl (C=O) groups excluding carboxylic acids is 1. The van der Waals surface area contributed by atoms with Gasteiger partial charge in [0.05, 0.1) is 23.0 Å². The van der Waals surface area contributed by atoms with Crippen LogP contribution in [0.25, 0.3) is 21.8 Å². The lowest BCUT2D eigenvalue weighted by atomic mass is 10.1. The highest BCUT2D eigenvalue weighted by molar-refractivity contribution is 6.15. The molecule has 0 saturated heterocycles. The Morgan fingerprint density at radius 2 is 1.50 bits per heavy atom. The number of hydrogen-bond acceptors (Lipinski definition) is 3. The average Bonchev–Trinajstić information content (AvgIpc) is 3.09. The number of rotatable bonds is 2. The van der Waals surface area contributed by atoms with Crippen molar-refractivity contribution in [3.63, 3.8) is 0 Å². The van der Waals surface area contributed by atoms with Gasteiger partial charge in [0.25, 0.3) is 5.91 Å². The van der Waals surface area contributed by atoms with Gasteiger partial charge in [-0.1, -0.05) is 36.4 Å². The molecule has 0 aliphatic rings. The van der Waals surface area contributed by atoms with Crippen molar-refractivity contribution in [3.05, 3.63) is 72.7 Å². The first kappa shape index (κ1) is 12.6. The van der Waals surface area contributed by atoms with E-state index in [0.29, 0.717) is 0 Å². The molecule has 4 aromatic rings. The van der Waals surface area contributed by atoms with Crippen LogP contribution in [0.15, 0.2) is 71.3 Å². The molecule has 1 amide bonds. The van der Waals surface area contributed by atoms with E-state index in [1.807, 2.05) is 48.5 Å². The summed E-state index contributed by atoms with van der Waals surface area (Å²) in [5.41, 5.74) is 2.44. The zero-order chi connectivity index (χ0) is 14.9. The lowest BCUT2D eigenvalue weighted by Crippen LogP contribution is -2.11. The van der Waals surface area contributed by atoms with Gasteiger partial charge in [-0.3, -0.25) is 4.79 Å². The molecule has 0 radical (unpaired) electrons. The summed E-state index contributed by atoms with van der Waals surface area (Å²) in [6.45, 7) is 0. The van der Waals surface area contributed by atoms with Crippen LogP contribution in [0.4, 0.5) is 5.69 Å². The third-order valence-electron chi connectivity index (χ3n) is 3.57. The second-order valence-electron chi connectivity index (χ2n) is 4.95. The normalized spacial score (nSPS) is 10.9. The molecule has 2 aromatic heterocycles. The molecule has 0 aliphatic carbocycles. The maximum atomic E-state index is 12.3. The monoisotopic (exact) mass is 288 g/mol. The highest BCUT2D eigenvalue weighted by atomic mass is 16.3. The van der Waals surface area contributed by atoms with E-state index in [0.717, 1.165) is 27.5 Å². The number of aromatic nitrogens is 1. The van der Waals surface area contributed by atoms with E-state index >= 15 is 0 Å². The Morgan fingerprint density at radius 1 is 0.864 bits per heavy atom. The minimum atomic E-state index is -0.272. The van der Waals surface area contributed by atoms with Gasteiger partial charge < -0.3 is 9.73 Å². The number of furan rings is 1. The summed E-state index contributed by atoms with van der Waals surface area (Å²) in [6, 6.07) is 18.8. The van der Waals surface area contributed by atoms with Gasteiger partial charge >= 0.3 is 0 Å². The smallest absolute Gasteiger partial charge is 0.291 e. The van der Waals surface area contributed by atoms with Crippen LogP contribution in [-0.4, -0.2) is 10.9 Å². The Bertz CT molecular complexity index is 921. The summed E-state index contributed by atoms with van der Waals surface area (Å²) in [5.74, 6) is 0.0106. The molecule has 0 unspecified atom stereocenters. The molecular formula is C18H12N2O2. The SMILES string of the molecule is O=C(Nc1c2ccccc2nc2ccccc12)c1ccco1. The van der Waals surface area contributed by atoms with Gasteiger partial charge in [0.2, 0.25) is 0 Å². The van der Waals surface area contributed by atoms with Crippen LogP contribution in [-0.2, 0) is 0 Å². The zero-order valence-corrected chi connectivity index (χ0v) is 11.6. The third-order valence-corrected chi connectivity index (χ3v) is 3.57. The molecular weight excluding hydrogens is 276 g/mol. The Balaban J connectivity index is 1.94. The summed E-state index contributed by atoms with van der Waals surface area (Å²) in [5, 5.41) is 4.77. The van der Waals surface area contributed by atoms with Crippen molar-refractivity contribution in [2.75, 3.05) is 5.32 Å². The number of carbonyl (C=O) groups is 1. The topological polar surface area (TPSA) is 55.1 Å². The van der Waals surface area contributed by atoms with Crippen molar-refractivity contribution in [2.24, 2.45) is 0 Å². The fraction of sp³-hybridized carbons (Fsp3) is 0. The van der Waals surface area contributed by atoms with Crippen molar-refractivity contribution in [1.29, 1.82) is 0 Å². The summed E-state index contributed by atoms with van der Waals surface area (Å²) in [7, 11) is 0. The molecule has 0 atom stereocenters. The fourth-order valence-electron chi connectivity index (χ4n) is 2.56. The molecule has 4 heteroatoms. The van der Waals surface area contributed by atoms with Crippen molar-refractivity contribution in [1.82, 2.24) is 4.98 Å². The van der Waals surface area contributed by atoms with Crippen LogP contribution in [0, 0.1) is 0 Å². The minimum absolute atomic E-state index is 0.272. The molecule has 0 aliphatic heterocycles. The number of fused-ring (bicyclic) bond motifs is 2. The molecule has 1 N–H and O–H groups in total. The predicted octanol–water partition coefficient (Wildman–Crippen LogP) is 4.23. The van der Waals surface area contributed by atoms with Crippen LogP contribution in [0.1, 0.15) is 10.6 Å². The van der Waals surface area contributed by atoms with Crippen molar-refractivity contribution in [2.45, 2.75) is 0 Å². The maximum absolute atomic E-state index is 12.3. The lowest BCUT2D eigenvalue weighted by Gasteiger charge is -2.11. The molecule has 4 nitrogen and oxygen atoms in total. The molecule has 22 heavy (non-hydrogen) atoms. The Hall–Kier alpha value is -3.14. The second kappa shape index (κ2) is 5.00. The van der Waals surface area contributed by atoms with Crippen molar-refractivity contribution in [3.8, 4) is 0 Å². The van der Waals surface area contributed by atoms with Gasteiger partial charge in [-0.15, -0.1) is 0 Å². The number of anilines is 1. The highest BCUT2D eigenvalue weighted by Gasteiger charge is 2.14. The van der Waals surface area contributed by atoms with Crippen molar-refractivity contribution >= 4 is 33.4 Å². The highest BCUT2D eigenvalue weighted by Crippen LogP contribution is 2.30. The molecule has 0 bridgehead atoms. The van der Waals surface area contributed by atoms with Crippen LogP contribution in [0.5, 0.6) is 0 Å². The number of amides is 1. The van der Waals surface area contributed by atoms with Gasteiger partial charge in [0, 0.05) is 10.8 Å². The maximum Gasteiger partial charge on any atom is 0.291 e. The number of para-hydroxylation sites is 2. The molecule has 2 heterocycles. The van der Waals surface area contributed by atoms with Gasteiger partial charge in [0.1, 0.15) is 0 Å². The van der Waals surface area contributed by atoms with Crippen LogP contribution in [0.3, 0.4) is 0 Å². The van der Waals surface area contributed by atoms with Crippen LogP contribution in [0.2, 0.25) is 0 Å². The van der Waals surface area contributed by atoms with E-state index in [4.69, 9.17) is 4.42 Å². The first-order valence-electron chi connectivity index (χ1n) is 6.95. The molecule has 0 saturated carbocycles. The van der Waals surface area contributed by atoms with Gasteiger partial charge in [-0.05, 0) is 24.3 Å². The quantitative estimate of drug-likeness (QED) is 0.561. The Kier molecular flexibility index (Phi) is 2.86.